The van der Waals surface area contributed by atoms with Crippen molar-refractivity contribution in [2.24, 2.45) is 0 Å². The summed E-state index contributed by atoms with van der Waals surface area (Å²) < 4.78 is 0. The number of carbonyl (C=O) groups excluding carboxylic acids is 1. The summed E-state index contributed by atoms with van der Waals surface area (Å²) in [6.07, 6.45) is 5.01. The van der Waals surface area contributed by atoms with Crippen LogP contribution >= 0.6 is 34.7 Å². The number of rotatable bonds is 4. The lowest BCUT2D eigenvalue weighted by Gasteiger charge is -2.14. The van der Waals surface area contributed by atoms with E-state index in [2.05, 4.69) is 15.3 Å². The lowest BCUT2D eigenvalue weighted by atomic mass is 10.2. The van der Waals surface area contributed by atoms with Crippen molar-refractivity contribution >= 4 is 56.5 Å². The van der Waals surface area contributed by atoms with Crippen molar-refractivity contribution in [2.75, 3.05) is 5.32 Å². The molecule has 1 amide bonds. The normalized spacial score (nSPS) is 14.4. The molecule has 1 atom stereocenters. The molecule has 1 aromatic carbocycles. The molecule has 26 heavy (non-hydrogen) atoms. The largest absolute Gasteiger partial charge is 0.325 e. The molecule has 2 aromatic heterocycles. The van der Waals surface area contributed by atoms with Crippen molar-refractivity contribution in [3.63, 3.8) is 0 Å². The van der Waals surface area contributed by atoms with Gasteiger partial charge in [0.2, 0.25) is 5.91 Å². The van der Waals surface area contributed by atoms with Crippen LogP contribution in [-0.4, -0.2) is 21.1 Å². The lowest BCUT2D eigenvalue weighted by Crippen LogP contribution is -2.23. The molecule has 0 bridgehead atoms. The van der Waals surface area contributed by atoms with Gasteiger partial charge < -0.3 is 5.32 Å². The Balaban J connectivity index is 1.56. The first-order valence-corrected chi connectivity index (χ1v) is 10.6. The van der Waals surface area contributed by atoms with Crippen LogP contribution in [0.15, 0.2) is 29.6 Å². The number of carbonyl (C=O) groups is 1. The van der Waals surface area contributed by atoms with Crippen LogP contribution in [0.3, 0.4) is 0 Å². The molecule has 2 heterocycles. The third-order valence-corrected chi connectivity index (χ3v) is 7.12. The number of thioether (sulfide) groups is 1. The van der Waals surface area contributed by atoms with Crippen LogP contribution in [0.25, 0.3) is 10.2 Å². The van der Waals surface area contributed by atoms with E-state index in [4.69, 9.17) is 11.6 Å². The van der Waals surface area contributed by atoms with Gasteiger partial charge >= 0.3 is 0 Å². The van der Waals surface area contributed by atoms with E-state index in [1.165, 1.54) is 28.6 Å². The fraction of sp³-hybridized carbons (Fsp3) is 0.316. The predicted molar refractivity (Wildman–Crippen MR) is 110 cm³/mol. The van der Waals surface area contributed by atoms with E-state index in [-0.39, 0.29) is 11.2 Å². The van der Waals surface area contributed by atoms with Crippen LogP contribution in [0.4, 0.5) is 5.69 Å². The molecule has 1 N–H and O–H groups in total. The molecule has 0 unspecified atom stereocenters. The predicted octanol–water partition coefficient (Wildman–Crippen LogP) is 5.26. The molecule has 4 rings (SSSR count). The molecular formula is C19H18ClN3OS2. The standard InChI is InChI=1S/C19H18ClN3OS2/c1-10-6-7-12(20)8-14(10)23-17(24)11(2)25-18-16-13-4-3-5-15(13)26-19(16)22-9-21-18/h6-9,11H,3-5H2,1-2H3,(H,23,24)/t11-/m0/s1. The summed E-state index contributed by atoms with van der Waals surface area (Å²) in [5.41, 5.74) is 3.12. The summed E-state index contributed by atoms with van der Waals surface area (Å²) in [7, 11) is 0. The Morgan fingerprint density at radius 1 is 1.35 bits per heavy atom. The number of hydrogen-bond acceptors (Lipinski definition) is 5. The Hall–Kier alpha value is -1.63. The van der Waals surface area contributed by atoms with E-state index in [1.54, 1.807) is 23.7 Å². The Morgan fingerprint density at radius 3 is 3.04 bits per heavy atom. The highest BCUT2D eigenvalue weighted by Crippen LogP contribution is 2.41. The number of nitrogens with zero attached hydrogens (tertiary/aromatic N) is 2. The van der Waals surface area contributed by atoms with E-state index >= 15 is 0 Å². The van der Waals surface area contributed by atoms with Crippen molar-refractivity contribution < 1.29 is 4.79 Å². The van der Waals surface area contributed by atoms with Gasteiger partial charge in [-0.15, -0.1) is 11.3 Å². The van der Waals surface area contributed by atoms with Crippen LogP contribution in [-0.2, 0) is 17.6 Å². The maximum atomic E-state index is 12.7. The van der Waals surface area contributed by atoms with Gasteiger partial charge in [-0.25, -0.2) is 9.97 Å². The zero-order valence-electron chi connectivity index (χ0n) is 14.5. The number of aryl methyl sites for hydroxylation is 3. The molecule has 1 aliphatic rings. The van der Waals surface area contributed by atoms with E-state index < -0.39 is 0 Å². The minimum Gasteiger partial charge on any atom is -0.325 e. The quantitative estimate of drug-likeness (QED) is 0.476. The third kappa shape index (κ3) is 3.33. The minimum absolute atomic E-state index is 0.0565. The number of anilines is 1. The summed E-state index contributed by atoms with van der Waals surface area (Å²) in [4.78, 5) is 24.0. The van der Waals surface area contributed by atoms with Crippen molar-refractivity contribution in [3.8, 4) is 0 Å². The summed E-state index contributed by atoms with van der Waals surface area (Å²) in [5.74, 6) is -0.0565. The van der Waals surface area contributed by atoms with E-state index in [0.29, 0.717) is 5.02 Å². The summed E-state index contributed by atoms with van der Waals surface area (Å²) >= 11 is 9.30. The SMILES string of the molecule is Cc1ccc(Cl)cc1NC(=O)[C@H](C)Sc1ncnc2sc3c(c12)CCC3. The molecule has 0 saturated carbocycles. The molecule has 0 radical (unpaired) electrons. The number of amides is 1. The second-order valence-corrected chi connectivity index (χ2v) is 9.27. The molecule has 7 heteroatoms. The maximum absolute atomic E-state index is 12.7. The second-order valence-electron chi connectivity index (χ2n) is 6.42. The summed E-state index contributed by atoms with van der Waals surface area (Å²) in [6, 6.07) is 5.50. The second kappa shape index (κ2) is 7.18. The highest BCUT2D eigenvalue weighted by molar-refractivity contribution is 8.00. The van der Waals surface area contributed by atoms with Crippen LogP contribution in [0.2, 0.25) is 5.02 Å². The van der Waals surface area contributed by atoms with Gasteiger partial charge in [0.25, 0.3) is 0 Å². The third-order valence-electron chi connectivity index (χ3n) is 4.58. The van der Waals surface area contributed by atoms with Crippen LogP contribution in [0.1, 0.15) is 29.3 Å². The molecule has 0 saturated heterocycles. The zero-order chi connectivity index (χ0) is 18.3. The Labute approximate surface area is 165 Å². The average molecular weight is 404 g/mol. The Morgan fingerprint density at radius 2 is 2.19 bits per heavy atom. The summed E-state index contributed by atoms with van der Waals surface area (Å²) in [5, 5.41) is 5.36. The number of benzene rings is 1. The van der Waals surface area contributed by atoms with Gasteiger partial charge in [-0.3, -0.25) is 4.79 Å². The van der Waals surface area contributed by atoms with Gasteiger partial charge in [0.1, 0.15) is 16.2 Å². The van der Waals surface area contributed by atoms with Gasteiger partial charge in [-0.1, -0.05) is 29.4 Å². The van der Waals surface area contributed by atoms with Crippen LogP contribution < -0.4 is 5.32 Å². The zero-order valence-corrected chi connectivity index (χ0v) is 16.9. The number of halogens is 1. The Bertz CT molecular complexity index is 1000. The fourth-order valence-corrected chi connectivity index (χ4v) is 5.59. The minimum atomic E-state index is -0.275. The molecule has 134 valence electrons. The van der Waals surface area contributed by atoms with Crippen molar-refractivity contribution in [1.29, 1.82) is 0 Å². The lowest BCUT2D eigenvalue weighted by molar-refractivity contribution is -0.115. The van der Waals surface area contributed by atoms with Gasteiger partial charge in [-0.2, -0.15) is 0 Å². The van der Waals surface area contributed by atoms with Crippen LogP contribution in [0, 0.1) is 6.92 Å². The van der Waals surface area contributed by atoms with E-state index in [0.717, 1.165) is 39.3 Å². The highest BCUT2D eigenvalue weighted by Gasteiger charge is 2.24. The van der Waals surface area contributed by atoms with Gasteiger partial charge in [0.05, 0.1) is 5.25 Å². The average Bonchev–Trinajstić information content (AvgIpc) is 3.19. The molecule has 0 aliphatic heterocycles. The molecule has 1 aliphatic carbocycles. The first kappa shape index (κ1) is 17.8. The molecular weight excluding hydrogens is 386 g/mol. The number of aromatic nitrogens is 2. The van der Waals surface area contributed by atoms with Crippen molar-refractivity contribution in [2.45, 2.75) is 43.4 Å². The fourth-order valence-electron chi connectivity index (χ4n) is 3.17. The van der Waals surface area contributed by atoms with Crippen molar-refractivity contribution in [3.05, 3.63) is 45.6 Å². The molecule has 4 nitrogen and oxygen atoms in total. The van der Waals surface area contributed by atoms with E-state index in [9.17, 15) is 4.79 Å². The Kier molecular flexibility index (Phi) is 4.90. The monoisotopic (exact) mass is 403 g/mol. The molecule has 3 aromatic rings. The molecule has 0 fully saturated rings. The maximum Gasteiger partial charge on any atom is 0.237 e. The molecule has 0 spiro atoms. The first-order valence-electron chi connectivity index (χ1n) is 8.52. The van der Waals surface area contributed by atoms with Gasteiger partial charge in [0.15, 0.2) is 0 Å². The van der Waals surface area contributed by atoms with Gasteiger partial charge in [0, 0.05) is 21.0 Å². The van der Waals surface area contributed by atoms with Gasteiger partial charge in [-0.05, 0) is 56.4 Å². The first-order chi connectivity index (χ1) is 12.5. The number of fused-ring (bicyclic) bond motifs is 3. The van der Waals surface area contributed by atoms with Crippen LogP contribution in [0.5, 0.6) is 0 Å². The van der Waals surface area contributed by atoms with Crippen molar-refractivity contribution in [1.82, 2.24) is 9.97 Å². The summed E-state index contributed by atoms with van der Waals surface area (Å²) in [6.45, 7) is 3.85. The topological polar surface area (TPSA) is 54.9 Å². The number of nitrogens with one attached hydrogen (secondary N) is 1. The number of thiophene rings is 1. The van der Waals surface area contributed by atoms with E-state index in [1.807, 2.05) is 26.0 Å². The highest BCUT2D eigenvalue weighted by atomic mass is 35.5. The smallest absolute Gasteiger partial charge is 0.237 e. The number of hydrogen-bond donors (Lipinski definition) is 1.